The summed E-state index contributed by atoms with van der Waals surface area (Å²) in [6.45, 7) is 7.03. The maximum Gasteiger partial charge on any atom is 0.238 e. The summed E-state index contributed by atoms with van der Waals surface area (Å²) < 4.78 is 7.74. The lowest BCUT2D eigenvalue weighted by Crippen LogP contribution is -2.14. The molecule has 0 atom stereocenters. The Hall–Kier alpha value is -2.79. The first-order valence-electron chi connectivity index (χ1n) is 8.81. The number of aryl methyl sites for hydroxylation is 2. The van der Waals surface area contributed by atoms with Gasteiger partial charge >= 0.3 is 0 Å². The van der Waals surface area contributed by atoms with Crippen LogP contribution in [0.15, 0.2) is 53.7 Å². The van der Waals surface area contributed by atoms with E-state index in [4.69, 9.17) is 16.3 Å². The highest BCUT2D eigenvalue weighted by atomic mass is 35.5. The highest BCUT2D eigenvalue weighted by molar-refractivity contribution is 6.30. The monoisotopic (exact) mass is 382 g/mol. The normalized spacial score (nSPS) is 11.1. The number of nitrogens with zero attached hydrogens (tertiary/aromatic N) is 4. The molecule has 0 amide bonds. The van der Waals surface area contributed by atoms with Gasteiger partial charge in [-0.1, -0.05) is 17.7 Å². The third-order valence-electron chi connectivity index (χ3n) is 4.24. The van der Waals surface area contributed by atoms with Gasteiger partial charge < -0.3 is 9.64 Å². The van der Waals surface area contributed by atoms with Crippen LogP contribution in [-0.4, -0.2) is 34.6 Å². The van der Waals surface area contributed by atoms with Crippen molar-refractivity contribution in [2.45, 2.75) is 20.8 Å². The molecule has 27 heavy (non-hydrogen) atoms. The molecule has 0 spiro atoms. The Kier molecular flexibility index (Phi) is 5.81. The standard InChI is InChI=1S/C21H23ClN4O/c1-5-25(4)14-23-19-11-16(3)20(12-15(19)2)27-21-9-10-26(24-21)18-8-6-7-17(22)13-18/h6-14H,5H2,1-4H3. The summed E-state index contributed by atoms with van der Waals surface area (Å²) >= 11 is 6.05. The van der Waals surface area contributed by atoms with E-state index in [0.717, 1.165) is 34.8 Å². The molecule has 0 saturated carbocycles. The van der Waals surface area contributed by atoms with E-state index in [0.29, 0.717) is 10.9 Å². The van der Waals surface area contributed by atoms with E-state index in [1.54, 1.807) is 4.68 Å². The predicted molar refractivity (Wildman–Crippen MR) is 111 cm³/mol. The van der Waals surface area contributed by atoms with Crippen LogP contribution in [0.25, 0.3) is 5.69 Å². The molecule has 0 aliphatic rings. The number of aromatic nitrogens is 2. The van der Waals surface area contributed by atoms with Crippen LogP contribution in [0.5, 0.6) is 11.6 Å². The number of ether oxygens (including phenoxy) is 1. The summed E-state index contributed by atoms with van der Waals surface area (Å²) in [5.74, 6) is 1.30. The van der Waals surface area contributed by atoms with E-state index in [1.165, 1.54) is 0 Å². The number of hydrogen-bond acceptors (Lipinski definition) is 3. The molecule has 1 heterocycles. The molecular weight excluding hydrogens is 360 g/mol. The molecule has 0 aliphatic carbocycles. The summed E-state index contributed by atoms with van der Waals surface area (Å²) in [5, 5.41) is 5.15. The maximum absolute atomic E-state index is 6.05. The van der Waals surface area contributed by atoms with Crippen LogP contribution >= 0.6 is 11.6 Å². The Labute approximate surface area is 164 Å². The van der Waals surface area contributed by atoms with Gasteiger partial charge in [0.25, 0.3) is 0 Å². The molecule has 0 aliphatic heterocycles. The van der Waals surface area contributed by atoms with E-state index in [-0.39, 0.29) is 0 Å². The predicted octanol–water partition coefficient (Wildman–Crippen LogP) is 5.55. The maximum atomic E-state index is 6.05. The lowest BCUT2D eigenvalue weighted by Gasteiger charge is -2.11. The minimum atomic E-state index is 0.527. The fraction of sp³-hybridized carbons (Fsp3) is 0.238. The Morgan fingerprint density at radius 3 is 2.74 bits per heavy atom. The molecule has 0 fully saturated rings. The van der Waals surface area contributed by atoms with Gasteiger partial charge in [-0.3, -0.25) is 0 Å². The molecule has 0 bridgehead atoms. The molecule has 0 saturated heterocycles. The average Bonchev–Trinajstić information content (AvgIpc) is 3.11. The Bertz CT molecular complexity index is 965. The minimum absolute atomic E-state index is 0.527. The topological polar surface area (TPSA) is 42.6 Å². The van der Waals surface area contributed by atoms with Gasteiger partial charge in [0.1, 0.15) is 5.75 Å². The van der Waals surface area contributed by atoms with Crippen molar-refractivity contribution in [3.8, 4) is 17.3 Å². The van der Waals surface area contributed by atoms with Crippen LogP contribution in [0.4, 0.5) is 5.69 Å². The summed E-state index contributed by atoms with van der Waals surface area (Å²) in [7, 11) is 2.00. The Balaban J connectivity index is 1.80. The Morgan fingerprint density at radius 2 is 2.00 bits per heavy atom. The fourth-order valence-electron chi connectivity index (χ4n) is 2.50. The van der Waals surface area contributed by atoms with Crippen molar-refractivity contribution in [3.63, 3.8) is 0 Å². The van der Waals surface area contributed by atoms with Crippen LogP contribution < -0.4 is 4.74 Å². The first-order valence-corrected chi connectivity index (χ1v) is 9.19. The first-order chi connectivity index (χ1) is 13.0. The van der Waals surface area contributed by atoms with Crippen LogP contribution in [0.1, 0.15) is 18.1 Å². The minimum Gasteiger partial charge on any atom is -0.437 e. The van der Waals surface area contributed by atoms with Gasteiger partial charge in [-0.2, -0.15) is 0 Å². The summed E-state index contributed by atoms with van der Waals surface area (Å²) in [4.78, 5) is 6.58. The summed E-state index contributed by atoms with van der Waals surface area (Å²) in [5.41, 5.74) is 3.87. The third-order valence-corrected chi connectivity index (χ3v) is 4.47. The van der Waals surface area contributed by atoms with E-state index < -0.39 is 0 Å². The number of aliphatic imine (C=N–C) groups is 1. The molecule has 5 nitrogen and oxygen atoms in total. The van der Waals surface area contributed by atoms with Crippen LogP contribution in [0.3, 0.4) is 0 Å². The smallest absolute Gasteiger partial charge is 0.238 e. The van der Waals surface area contributed by atoms with Crippen molar-refractivity contribution in [2.24, 2.45) is 4.99 Å². The zero-order valence-corrected chi connectivity index (χ0v) is 16.7. The van der Waals surface area contributed by atoms with Gasteiger partial charge in [-0.25, -0.2) is 9.67 Å². The summed E-state index contributed by atoms with van der Waals surface area (Å²) in [6, 6.07) is 13.4. The highest BCUT2D eigenvalue weighted by Gasteiger charge is 2.09. The van der Waals surface area contributed by atoms with E-state index in [9.17, 15) is 0 Å². The second-order valence-electron chi connectivity index (χ2n) is 6.40. The molecule has 0 radical (unpaired) electrons. The van der Waals surface area contributed by atoms with Crippen molar-refractivity contribution in [3.05, 3.63) is 64.8 Å². The van der Waals surface area contributed by atoms with Crippen molar-refractivity contribution < 1.29 is 4.74 Å². The average molecular weight is 383 g/mol. The highest BCUT2D eigenvalue weighted by Crippen LogP contribution is 2.31. The largest absolute Gasteiger partial charge is 0.437 e. The van der Waals surface area contributed by atoms with Gasteiger partial charge in [-0.15, -0.1) is 5.10 Å². The second-order valence-corrected chi connectivity index (χ2v) is 6.84. The molecule has 0 N–H and O–H groups in total. The number of hydrogen-bond donors (Lipinski definition) is 0. The summed E-state index contributed by atoms with van der Waals surface area (Å²) in [6.07, 6.45) is 3.69. The number of rotatable bonds is 6. The van der Waals surface area contributed by atoms with Gasteiger partial charge in [0.2, 0.25) is 5.88 Å². The van der Waals surface area contributed by atoms with Crippen LogP contribution in [0.2, 0.25) is 5.02 Å². The number of halogens is 1. The number of benzene rings is 2. The first kappa shape index (κ1) is 19.0. The van der Waals surface area contributed by atoms with E-state index >= 15 is 0 Å². The molecule has 140 valence electrons. The van der Waals surface area contributed by atoms with Crippen LogP contribution in [0, 0.1) is 13.8 Å². The van der Waals surface area contributed by atoms with Gasteiger partial charge in [0.05, 0.1) is 17.7 Å². The molecule has 3 aromatic rings. The SMILES string of the molecule is CCN(C)C=Nc1cc(C)c(Oc2ccn(-c3cccc(Cl)c3)n2)cc1C. The zero-order valence-electron chi connectivity index (χ0n) is 16.0. The molecule has 6 heteroatoms. The third kappa shape index (κ3) is 4.68. The van der Waals surface area contributed by atoms with Crippen LogP contribution in [-0.2, 0) is 0 Å². The van der Waals surface area contributed by atoms with Gasteiger partial charge in [-0.05, 0) is 62.2 Å². The Morgan fingerprint density at radius 1 is 1.19 bits per heavy atom. The van der Waals surface area contributed by atoms with E-state index in [1.807, 2.05) is 80.8 Å². The lowest BCUT2D eigenvalue weighted by atomic mass is 10.1. The molecule has 2 aromatic carbocycles. The van der Waals surface area contributed by atoms with Crippen molar-refractivity contribution in [1.82, 2.24) is 14.7 Å². The van der Waals surface area contributed by atoms with Gasteiger partial charge in [0.15, 0.2) is 0 Å². The lowest BCUT2D eigenvalue weighted by molar-refractivity contribution is 0.454. The zero-order chi connectivity index (χ0) is 19.4. The quantitative estimate of drug-likeness (QED) is 0.415. The van der Waals surface area contributed by atoms with E-state index in [2.05, 4.69) is 17.0 Å². The molecule has 1 aromatic heterocycles. The second kappa shape index (κ2) is 8.27. The van der Waals surface area contributed by atoms with Crippen molar-refractivity contribution >= 4 is 23.6 Å². The van der Waals surface area contributed by atoms with Crippen molar-refractivity contribution in [1.29, 1.82) is 0 Å². The van der Waals surface area contributed by atoms with Gasteiger partial charge in [0, 0.05) is 30.9 Å². The molecule has 3 rings (SSSR count). The van der Waals surface area contributed by atoms with Crippen molar-refractivity contribution in [2.75, 3.05) is 13.6 Å². The molecule has 0 unspecified atom stereocenters. The fourth-order valence-corrected chi connectivity index (χ4v) is 2.69. The molecular formula is C21H23ClN4O.